The van der Waals surface area contributed by atoms with E-state index in [9.17, 15) is 4.79 Å². The lowest BCUT2D eigenvalue weighted by atomic mass is 9.96. The molecule has 2 aromatic rings. The summed E-state index contributed by atoms with van der Waals surface area (Å²) in [4.78, 5) is 20.6. The number of hydrogen-bond acceptors (Lipinski definition) is 5. The first-order valence-electron chi connectivity index (χ1n) is 9.84. The van der Waals surface area contributed by atoms with Crippen LogP contribution in [-0.4, -0.2) is 58.3 Å². The average molecular weight is 366 g/mol. The number of nitrogens with one attached hydrogen (secondary N) is 1. The van der Waals surface area contributed by atoms with E-state index in [0.29, 0.717) is 19.1 Å². The Bertz CT molecular complexity index is 737. The largest absolute Gasteiger partial charge is 0.352 e. The minimum absolute atomic E-state index is 0.0840. The van der Waals surface area contributed by atoms with Crippen molar-refractivity contribution in [2.45, 2.75) is 38.1 Å². The Kier molecular flexibility index (Phi) is 5.46. The molecule has 1 saturated heterocycles. The van der Waals surface area contributed by atoms with Gasteiger partial charge in [0.2, 0.25) is 0 Å². The molecule has 4 rings (SSSR count). The highest BCUT2D eigenvalue weighted by molar-refractivity contribution is 5.75. The number of urea groups is 1. The maximum Gasteiger partial charge on any atom is 0.317 e. The molecule has 2 aromatic heterocycles. The van der Waals surface area contributed by atoms with E-state index < -0.39 is 0 Å². The Balaban J connectivity index is 1.30. The number of nitrogens with zero attached hydrogens (tertiary/aromatic N) is 5. The molecule has 142 valence electrons. The van der Waals surface area contributed by atoms with Gasteiger partial charge < -0.3 is 15.1 Å². The van der Waals surface area contributed by atoms with E-state index in [1.807, 2.05) is 29.2 Å². The van der Waals surface area contributed by atoms with Crippen LogP contribution < -0.4 is 10.2 Å². The van der Waals surface area contributed by atoms with Crippen molar-refractivity contribution in [1.82, 2.24) is 25.4 Å². The van der Waals surface area contributed by atoms with Crippen LogP contribution in [0.1, 0.15) is 32.1 Å². The molecule has 0 bridgehead atoms. The summed E-state index contributed by atoms with van der Waals surface area (Å²) in [6.07, 6.45) is 9.49. The summed E-state index contributed by atoms with van der Waals surface area (Å²) in [6.45, 7) is 2.99. The second-order valence-corrected chi connectivity index (χ2v) is 7.27. The number of piperazine rings is 1. The Morgan fingerprint density at radius 1 is 0.926 bits per heavy atom. The van der Waals surface area contributed by atoms with Gasteiger partial charge in [-0.1, -0.05) is 19.3 Å². The lowest BCUT2D eigenvalue weighted by Crippen LogP contribution is -2.53. The van der Waals surface area contributed by atoms with Crippen molar-refractivity contribution >= 4 is 11.8 Å². The van der Waals surface area contributed by atoms with Crippen molar-refractivity contribution in [1.29, 1.82) is 0 Å². The van der Waals surface area contributed by atoms with Crippen molar-refractivity contribution in [3.8, 4) is 11.3 Å². The molecule has 2 amide bonds. The predicted molar refractivity (Wildman–Crippen MR) is 104 cm³/mol. The van der Waals surface area contributed by atoms with Gasteiger partial charge in [-0.25, -0.2) is 4.79 Å². The second-order valence-electron chi connectivity index (χ2n) is 7.27. The molecule has 1 N–H and O–H groups in total. The molecule has 1 aliphatic heterocycles. The number of pyridine rings is 1. The molecule has 0 spiro atoms. The Labute approximate surface area is 159 Å². The quantitative estimate of drug-likeness (QED) is 0.904. The third-order valence-electron chi connectivity index (χ3n) is 5.45. The fourth-order valence-electron chi connectivity index (χ4n) is 3.82. The zero-order valence-corrected chi connectivity index (χ0v) is 15.5. The first-order valence-corrected chi connectivity index (χ1v) is 9.84. The summed E-state index contributed by atoms with van der Waals surface area (Å²) < 4.78 is 0. The van der Waals surface area contributed by atoms with Crippen molar-refractivity contribution in [3.63, 3.8) is 0 Å². The number of amides is 2. The number of anilines is 1. The lowest BCUT2D eigenvalue weighted by molar-refractivity contribution is 0.186. The van der Waals surface area contributed by atoms with Gasteiger partial charge in [0.15, 0.2) is 5.82 Å². The van der Waals surface area contributed by atoms with E-state index in [4.69, 9.17) is 0 Å². The maximum atomic E-state index is 12.5. The Morgan fingerprint density at radius 3 is 2.33 bits per heavy atom. The molecule has 27 heavy (non-hydrogen) atoms. The van der Waals surface area contributed by atoms with E-state index in [1.165, 1.54) is 19.3 Å². The topological polar surface area (TPSA) is 74.2 Å². The van der Waals surface area contributed by atoms with E-state index >= 15 is 0 Å². The molecular weight excluding hydrogens is 340 g/mol. The third kappa shape index (κ3) is 4.35. The molecule has 7 heteroatoms. The van der Waals surface area contributed by atoms with Gasteiger partial charge in [0, 0.05) is 50.2 Å². The molecule has 1 aliphatic carbocycles. The maximum absolute atomic E-state index is 12.5. The minimum Gasteiger partial charge on any atom is -0.352 e. The Hall–Kier alpha value is -2.70. The van der Waals surface area contributed by atoms with Gasteiger partial charge in [0.1, 0.15) is 0 Å². The monoisotopic (exact) mass is 366 g/mol. The smallest absolute Gasteiger partial charge is 0.317 e. The first-order chi connectivity index (χ1) is 13.3. The van der Waals surface area contributed by atoms with Gasteiger partial charge in [0.05, 0.1) is 5.69 Å². The van der Waals surface area contributed by atoms with Crippen LogP contribution in [0.4, 0.5) is 10.6 Å². The van der Waals surface area contributed by atoms with Crippen LogP contribution in [0.3, 0.4) is 0 Å². The van der Waals surface area contributed by atoms with Gasteiger partial charge in [-0.15, -0.1) is 10.2 Å². The van der Waals surface area contributed by atoms with Crippen molar-refractivity contribution in [3.05, 3.63) is 36.7 Å². The molecule has 2 aliphatic rings. The number of carbonyl (C=O) groups excluding carboxylic acids is 1. The second kappa shape index (κ2) is 8.33. The normalized spacial score (nSPS) is 18.4. The zero-order chi connectivity index (χ0) is 18.5. The average Bonchev–Trinajstić information content (AvgIpc) is 2.75. The highest BCUT2D eigenvalue weighted by Crippen LogP contribution is 2.20. The SMILES string of the molecule is O=C(NC1CCCCC1)N1CCN(c2ccc(-c3ccncc3)nn2)CC1. The minimum atomic E-state index is 0.0840. The highest BCUT2D eigenvalue weighted by atomic mass is 16.2. The summed E-state index contributed by atoms with van der Waals surface area (Å²) in [5.41, 5.74) is 1.85. The predicted octanol–water partition coefficient (Wildman–Crippen LogP) is 2.70. The molecule has 2 fully saturated rings. The highest BCUT2D eigenvalue weighted by Gasteiger charge is 2.24. The van der Waals surface area contributed by atoms with E-state index in [-0.39, 0.29) is 6.03 Å². The van der Waals surface area contributed by atoms with Crippen molar-refractivity contribution in [2.75, 3.05) is 31.1 Å². The molecule has 1 saturated carbocycles. The van der Waals surface area contributed by atoms with Crippen molar-refractivity contribution < 1.29 is 4.79 Å². The summed E-state index contributed by atoms with van der Waals surface area (Å²) in [7, 11) is 0. The van der Waals surface area contributed by atoms with Gasteiger partial charge in [0.25, 0.3) is 0 Å². The lowest BCUT2D eigenvalue weighted by Gasteiger charge is -2.36. The number of carbonyl (C=O) groups is 1. The summed E-state index contributed by atoms with van der Waals surface area (Å²) in [5, 5.41) is 11.9. The zero-order valence-electron chi connectivity index (χ0n) is 15.5. The van der Waals surface area contributed by atoms with Crippen LogP contribution in [0.25, 0.3) is 11.3 Å². The molecule has 3 heterocycles. The number of aromatic nitrogens is 3. The molecule has 0 radical (unpaired) electrons. The third-order valence-corrected chi connectivity index (χ3v) is 5.45. The molecule has 0 unspecified atom stereocenters. The van der Waals surface area contributed by atoms with E-state index in [1.54, 1.807) is 12.4 Å². The van der Waals surface area contributed by atoms with Crippen molar-refractivity contribution in [2.24, 2.45) is 0 Å². The fourth-order valence-corrected chi connectivity index (χ4v) is 3.82. The Morgan fingerprint density at radius 2 is 1.67 bits per heavy atom. The van der Waals surface area contributed by atoms with Gasteiger partial charge in [-0.2, -0.15) is 0 Å². The molecule has 0 aromatic carbocycles. The van der Waals surface area contributed by atoms with Crippen LogP contribution >= 0.6 is 0 Å². The molecule has 0 atom stereocenters. The van der Waals surface area contributed by atoms with Crippen LogP contribution in [0.15, 0.2) is 36.7 Å². The summed E-state index contributed by atoms with van der Waals surface area (Å²) in [5.74, 6) is 0.861. The summed E-state index contributed by atoms with van der Waals surface area (Å²) >= 11 is 0. The summed E-state index contributed by atoms with van der Waals surface area (Å²) in [6, 6.07) is 8.28. The standard InChI is InChI=1S/C20H26N6O/c27-20(22-17-4-2-1-3-5-17)26-14-12-25(13-15-26)19-7-6-18(23-24-19)16-8-10-21-11-9-16/h6-11,17H,1-5,12-15H2,(H,22,27). The number of hydrogen-bond donors (Lipinski definition) is 1. The first kappa shape index (κ1) is 17.7. The molecule has 7 nitrogen and oxygen atoms in total. The van der Waals surface area contributed by atoms with Crippen LogP contribution in [-0.2, 0) is 0 Å². The van der Waals surface area contributed by atoms with Gasteiger partial charge >= 0.3 is 6.03 Å². The van der Waals surface area contributed by atoms with Crippen LogP contribution in [0, 0.1) is 0 Å². The number of rotatable bonds is 3. The van der Waals surface area contributed by atoms with E-state index in [0.717, 1.165) is 43.0 Å². The fraction of sp³-hybridized carbons (Fsp3) is 0.500. The van der Waals surface area contributed by atoms with Gasteiger partial charge in [-0.3, -0.25) is 4.98 Å². The van der Waals surface area contributed by atoms with Crippen LogP contribution in [0.2, 0.25) is 0 Å². The van der Waals surface area contributed by atoms with Gasteiger partial charge in [-0.05, 0) is 37.1 Å². The molecular formula is C20H26N6O. The van der Waals surface area contributed by atoms with E-state index in [2.05, 4.69) is 25.4 Å². The van der Waals surface area contributed by atoms with Crippen LogP contribution in [0.5, 0.6) is 0 Å².